The van der Waals surface area contributed by atoms with E-state index in [9.17, 15) is 4.79 Å². The van der Waals surface area contributed by atoms with E-state index in [0.29, 0.717) is 23.7 Å². The second kappa shape index (κ2) is 7.01. The van der Waals surface area contributed by atoms with Crippen LogP contribution in [0.15, 0.2) is 36.7 Å². The van der Waals surface area contributed by atoms with Crippen LogP contribution in [0.5, 0.6) is 0 Å². The molecule has 0 radical (unpaired) electrons. The van der Waals surface area contributed by atoms with Crippen molar-refractivity contribution in [1.82, 2.24) is 9.97 Å². The number of nitrogens with one attached hydrogen (secondary N) is 2. The molecular formula is C15H15N5O. The van der Waals surface area contributed by atoms with Crippen LogP contribution in [0.25, 0.3) is 0 Å². The molecule has 0 bridgehead atoms. The Labute approximate surface area is 122 Å². The lowest BCUT2D eigenvalue weighted by Crippen LogP contribution is -2.17. The van der Waals surface area contributed by atoms with Gasteiger partial charge in [-0.15, -0.1) is 0 Å². The third kappa shape index (κ3) is 4.28. The highest BCUT2D eigenvalue weighted by Crippen LogP contribution is 2.09. The Bertz CT molecular complexity index is 661. The average molecular weight is 281 g/mol. The molecular weight excluding hydrogens is 266 g/mol. The lowest BCUT2D eigenvalue weighted by atomic mass is 10.2. The normalized spacial score (nSPS) is 9.71. The van der Waals surface area contributed by atoms with Gasteiger partial charge >= 0.3 is 0 Å². The third-order valence-corrected chi connectivity index (χ3v) is 2.75. The van der Waals surface area contributed by atoms with Gasteiger partial charge in [0.1, 0.15) is 17.7 Å². The number of carbonyl (C=O) groups excluding carboxylic acids is 1. The average Bonchev–Trinajstić information content (AvgIpc) is 2.50. The van der Waals surface area contributed by atoms with Gasteiger partial charge in [0.25, 0.3) is 0 Å². The standard InChI is InChI=1S/C15H15N5O/c1-11-4-5-13(19-10-11)20-14(21)6-8-18-15-12(9-16)3-2-7-17-15/h2-5,7,10H,6,8H2,1H3,(H,17,18)(H,19,20,21). The van der Waals surface area contributed by atoms with E-state index in [-0.39, 0.29) is 12.3 Å². The molecule has 2 rings (SSSR count). The van der Waals surface area contributed by atoms with Crippen molar-refractivity contribution in [3.63, 3.8) is 0 Å². The van der Waals surface area contributed by atoms with Crippen LogP contribution in [-0.2, 0) is 4.79 Å². The maximum atomic E-state index is 11.8. The minimum Gasteiger partial charge on any atom is -0.368 e. The van der Waals surface area contributed by atoms with Crippen molar-refractivity contribution in [2.24, 2.45) is 0 Å². The third-order valence-electron chi connectivity index (χ3n) is 2.75. The molecule has 6 nitrogen and oxygen atoms in total. The fourth-order valence-corrected chi connectivity index (χ4v) is 1.68. The van der Waals surface area contributed by atoms with Gasteiger partial charge in [0.15, 0.2) is 0 Å². The molecule has 0 unspecified atom stereocenters. The van der Waals surface area contributed by atoms with E-state index in [1.807, 2.05) is 19.1 Å². The first-order valence-corrected chi connectivity index (χ1v) is 6.50. The molecule has 6 heteroatoms. The van der Waals surface area contributed by atoms with Crippen LogP contribution in [0, 0.1) is 18.3 Å². The minimum absolute atomic E-state index is 0.145. The molecule has 0 aliphatic heterocycles. The summed E-state index contributed by atoms with van der Waals surface area (Å²) < 4.78 is 0. The quantitative estimate of drug-likeness (QED) is 0.875. The Morgan fingerprint density at radius 3 is 2.90 bits per heavy atom. The number of pyridine rings is 2. The Balaban J connectivity index is 1.82. The van der Waals surface area contributed by atoms with E-state index in [0.717, 1.165) is 5.56 Å². The van der Waals surface area contributed by atoms with Gasteiger partial charge in [0.2, 0.25) is 5.91 Å². The molecule has 2 aromatic heterocycles. The second-order valence-corrected chi connectivity index (χ2v) is 4.46. The van der Waals surface area contributed by atoms with Gasteiger partial charge in [-0.3, -0.25) is 4.79 Å². The molecule has 0 saturated carbocycles. The predicted octanol–water partition coefficient (Wildman–Crippen LogP) is 2.10. The first kappa shape index (κ1) is 14.5. The second-order valence-electron chi connectivity index (χ2n) is 4.46. The van der Waals surface area contributed by atoms with E-state index >= 15 is 0 Å². The van der Waals surface area contributed by atoms with E-state index in [1.54, 1.807) is 30.6 Å². The highest BCUT2D eigenvalue weighted by Gasteiger charge is 2.05. The molecule has 0 atom stereocenters. The molecule has 0 spiro atoms. The Kier molecular flexibility index (Phi) is 4.83. The summed E-state index contributed by atoms with van der Waals surface area (Å²) in [7, 11) is 0. The topological polar surface area (TPSA) is 90.7 Å². The number of aromatic nitrogens is 2. The number of hydrogen-bond acceptors (Lipinski definition) is 5. The first-order chi connectivity index (χ1) is 10.2. The predicted molar refractivity (Wildman–Crippen MR) is 79.7 cm³/mol. The molecule has 2 N–H and O–H groups in total. The number of anilines is 2. The van der Waals surface area contributed by atoms with Crippen molar-refractivity contribution in [2.75, 3.05) is 17.2 Å². The molecule has 21 heavy (non-hydrogen) atoms. The minimum atomic E-state index is -0.145. The SMILES string of the molecule is Cc1ccc(NC(=O)CCNc2ncccc2C#N)nc1. The number of nitrogens with zero attached hydrogens (tertiary/aromatic N) is 3. The number of rotatable bonds is 5. The zero-order valence-corrected chi connectivity index (χ0v) is 11.6. The van der Waals surface area contributed by atoms with Crippen LogP contribution >= 0.6 is 0 Å². The maximum Gasteiger partial charge on any atom is 0.227 e. The molecule has 0 fully saturated rings. The van der Waals surface area contributed by atoms with Crippen LogP contribution in [0.4, 0.5) is 11.6 Å². The highest BCUT2D eigenvalue weighted by molar-refractivity contribution is 5.90. The maximum absolute atomic E-state index is 11.8. The number of nitriles is 1. The molecule has 1 amide bonds. The summed E-state index contributed by atoms with van der Waals surface area (Å²) in [6, 6.07) is 9.05. The van der Waals surface area contributed by atoms with Crippen molar-refractivity contribution in [2.45, 2.75) is 13.3 Å². The number of aryl methyl sites for hydroxylation is 1. The lowest BCUT2D eigenvalue weighted by molar-refractivity contribution is -0.116. The van der Waals surface area contributed by atoms with Gasteiger partial charge in [0.05, 0.1) is 5.56 Å². The Morgan fingerprint density at radius 1 is 1.33 bits per heavy atom. The summed E-state index contributed by atoms with van der Waals surface area (Å²) in [5, 5.41) is 14.6. The molecule has 2 aromatic rings. The van der Waals surface area contributed by atoms with Crippen molar-refractivity contribution in [3.8, 4) is 6.07 Å². The Hall–Kier alpha value is -2.94. The van der Waals surface area contributed by atoms with Gasteiger partial charge < -0.3 is 10.6 Å². The van der Waals surface area contributed by atoms with Crippen LogP contribution in [0.3, 0.4) is 0 Å². The Morgan fingerprint density at radius 2 is 2.19 bits per heavy atom. The van der Waals surface area contributed by atoms with Gasteiger partial charge in [-0.2, -0.15) is 5.26 Å². The summed E-state index contributed by atoms with van der Waals surface area (Å²) in [6.07, 6.45) is 3.55. The molecule has 0 aromatic carbocycles. The fraction of sp³-hybridized carbons (Fsp3) is 0.200. The molecule has 0 aliphatic rings. The number of carbonyl (C=O) groups is 1. The van der Waals surface area contributed by atoms with Gasteiger partial charge in [-0.25, -0.2) is 9.97 Å². The van der Waals surface area contributed by atoms with E-state index in [2.05, 4.69) is 20.6 Å². The number of hydrogen-bond donors (Lipinski definition) is 2. The molecule has 2 heterocycles. The van der Waals surface area contributed by atoms with Gasteiger partial charge in [-0.05, 0) is 30.7 Å². The van der Waals surface area contributed by atoms with Gasteiger partial charge in [0, 0.05) is 25.4 Å². The number of amides is 1. The summed E-state index contributed by atoms with van der Waals surface area (Å²) in [6.45, 7) is 2.32. The first-order valence-electron chi connectivity index (χ1n) is 6.50. The van der Waals surface area contributed by atoms with Crippen molar-refractivity contribution in [3.05, 3.63) is 47.8 Å². The highest BCUT2D eigenvalue weighted by atomic mass is 16.1. The van der Waals surface area contributed by atoms with Crippen LogP contribution in [0.2, 0.25) is 0 Å². The largest absolute Gasteiger partial charge is 0.368 e. The fourth-order valence-electron chi connectivity index (χ4n) is 1.68. The summed E-state index contributed by atoms with van der Waals surface area (Å²) in [4.78, 5) is 19.9. The van der Waals surface area contributed by atoms with Crippen LogP contribution in [-0.4, -0.2) is 22.4 Å². The zero-order valence-electron chi connectivity index (χ0n) is 11.6. The van der Waals surface area contributed by atoms with Crippen molar-refractivity contribution >= 4 is 17.5 Å². The van der Waals surface area contributed by atoms with Crippen LogP contribution < -0.4 is 10.6 Å². The molecule has 0 aliphatic carbocycles. The zero-order chi connectivity index (χ0) is 15.1. The summed E-state index contributed by atoms with van der Waals surface area (Å²) >= 11 is 0. The molecule has 0 saturated heterocycles. The van der Waals surface area contributed by atoms with Crippen molar-refractivity contribution in [1.29, 1.82) is 5.26 Å². The monoisotopic (exact) mass is 281 g/mol. The summed E-state index contributed by atoms with van der Waals surface area (Å²) in [5.74, 6) is 0.871. The smallest absolute Gasteiger partial charge is 0.227 e. The van der Waals surface area contributed by atoms with Gasteiger partial charge in [-0.1, -0.05) is 6.07 Å². The molecule has 106 valence electrons. The summed E-state index contributed by atoms with van der Waals surface area (Å²) in [5.41, 5.74) is 1.49. The van der Waals surface area contributed by atoms with E-state index in [1.165, 1.54) is 0 Å². The van der Waals surface area contributed by atoms with E-state index < -0.39 is 0 Å². The van der Waals surface area contributed by atoms with Crippen LogP contribution in [0.1, 0.15) is 17.5 Å². The van der Waals surface area contributed by atoms with Crippen molar-refractivity contribution < 1.29 is 4.79 Å². The lowest BCUT2D eigenvalue weighted by Gasteiger charge is -2.07. The van der Waals surface area contributed by atoms with E-state index in [4.69, 9.17) is 5.26 Å².